The summed E-state index contributed by atoms with van der Waals surface area (Å²) < 4.78 is 5.17. The second-order valence-electron chi connectivity index (χ2n) is 3.00. The van der Waals surface area contributed by atoms with E-state index in [4.69, 9.17) is 4.74 Å². The Morgan fingerprint density at radius 3 is 2.88 bits per heavy atom. The van der Waals surface area contributed by atoms with E-state index in [1.807, 2.05) is 0 Å². The highest BCUT2D eigenvalue weighted by Crippen LogP contribution is 1.92. The van der Waals surface area contributed by atoms with E-state index < -0.39 is 0 Å². The second-order valence-corrected chi connectivity index (χ2v) is 3.79. The zero-order chi connectivity index (χ0) is 11.8. The molecule has 0 aliphatic heterocycles. The summed E-state index contributed by atoms with van der Waals surface area (Å²) in [6, 6.07) is 2.80. The van der Waals surface area contributed by atoms with Crippen LogP contribution in [0.25, 0.3) is 0 Å². The molecule has 0 saturated carbocycles. The fourth-order valence-corrected chi connectivity index (χ4v) is 1.28. The highest BCUT2D eigenvalue weighted by molar-refractivity contribution is 9.09. The molecule has 0 radical (unpaired) electrons. The summed E-state index contributed by atoms with van der Waals surface area (Å²) in [6.45, 7) is 1.54. The average molecular weight is 289 g/mol. The van der Waals surface area contributed by atoms with Crippen molar-refractivity contribution in [3.05, 3.63) is 34.2 Å². The first-order valence-electron chi connectivity index (χ1n) is 4.84. The number of hydrogen-bond donors (Lipinski definition) is 2. The van der Waals surface area contributed by atoms with Crippen LogP contribution in [-0.4, -0.2) is 36.0 Å². The number of rotatable bonds is 6. The third-order valence-electron chi connectivity index (χ3n) is 1.80. The number of H-pyrrole nitrogens is 1. The molecule has 6 heteroatoms. The van der Waals surface area contributed by atoms with Crippen molar-refractivity contribution in [2.75, 3.05) is 25.1 Å². The van der Waals surface area contributed by atoms with Crippen molar-refractivity contribution in [3.8, 4) is 0 Å². The lowest BCUT2D eigenvalue weighted by molar-refractivity contribution is 0.0924. The Balaban J connectivity index is 2.30. The number of carbonyl (C=O) groups excluding carboxylic acids is 1. The van der Waals surface area contributed by atoms with E-state index in [1.165, 1.54) is 18.3 Å². The van der Waals surface area contributed by atoms with Crippen molar-refractivity contribution in [1.82, 2.24) is 10.3 Å². The summed E-state index contributed by atoms with van der Waals surface area (Å²) in [5.41, 5.74) is 0.206. The average Bonchev–Trinajstić information content (AvgIpc) is 2.29. The van der Waals surface area contributed by atoms with Crippen molar-refractivity contribution >= 4 is 21.8 Å². The Morgan fingerprint density at radius 1 is 1.44 bits per heavy atom. The minimum atomic E-state index is -0.225. The summed E-state index contributed by atoms with van der Waals surface area (Å²) in [7, 11) is 0. The Hall–Kier alpha value is -1.14. The molecule has 16 heavy (non-hydrogen) atoms. The number of aromatic amines is 1. The predicted octanol–water partition coefficient (Wildman–Crippen LogP) is 0.516. The number of ether oxygens (including phenoxy) is 1. The molecule has 0 saturated heterocycles. The van der Waals surface area contributed by atoms with Gasteiger partial charge in [0.05, 0.1) is 18.8 Å². The van der Waals surface area contributed by atoms with Gasteiger partial charge in [-0.1, -0.05) is 15.9 Å². The fourth-order valence-electron chi connectivity index (χ4n) is 1.05. The topological polar surface area (TPSA) is 71.2 Å². The van der Waals surface area contributed by atoms with Gasteiger partial charge in [0.25, 0.3) is 5.91 Å². The minimum absolute atomic E-state index is 0.223. The summed E-state index contributed by atoms with van der Waals surface area (Å²) in [5.74, 6) is -0.223. The molecular formula is C10H13BrN2O3. The smallest absolute Gasteiger partial charge is 0.252 e. The van der Waals surface area contributed by atoms with Crippen molar-refractivity contribution < 1.29 is 9.53 Å². The van der Waals surface area contributed by atoms with Gasteiger partial charge >= 0.3 is 0 Å². The molecule has 0 aromatic carbocycles. The van der Waals surface area contributed by atoms with Gasteiger partial charge in [-0.25, -0.2) is 0 Å². The maximum absolute atomic E-state index is 11.5. The third kappa shape index (κ3) is 4.59. The number of aromatic nitrogens is 1. The Morgan fingerprint density at radius 2 is 2.25 bits per heavy atom. The van der Waals surface area contributed by atoms with Crippen molar-refractivity contribution in [1.29, 1.82) is 0 Å². The molecule has 5 nitrogen and oxygen atoms in total. The highest BCUT2D eigenvalue weighted by atomic mass is 79.9. The van der Waals surface area contributed by atoms with E-state index >= 15 is 0 Å². The lowest BCUT2D eigenvalue weighted by Gasteiger charge is -2.05. The molecule has 88 valence electrons. The van der Waals surface area contributed by atoms with Crippen molar-refractivity contribution in [2.45, 2.75) is 0 Å². The molecule has 1 amide bonds. The van der Waals surface area contributed by atoms with Crippen LogP contribution in [0.2, 0.25) is 0 Å². The van der Waals surface area contributed by atoms with Gasteiger partial charge in [0.15, 0.2) is 0 Å². The molecule has 2 N–H and O–H groups in total. The van der Waals surface area contributed by atoms with Gasteiger partial charge < -0.3 is 15.0 Å². The molecule has 1 rings (SSSR count). The first-order chi connectivity index (χ1) is 7.74. The minimum Gasteiger partial charge on any atom is -0.379 e. The molecule has 0 bridgehead atoms. The highest BCUT2D eigenvalue weighted by Gasteiger charge is 2.03. The lowest BCUT2D eigenvalue weighted by Crippen LogP contribution is -2.28. The van der Waals surface area contributed by atoms with Gasteiger partial charge in [-0.15, -0.1) is 0 Å². The number of pyridine rings is 1. The number of nitrogens with one attached hydrogen (secondary N) is 2. The van der Waals surface area contributed by atoms with Crippen LogP contribution >= 0.6 is 15.9 Å². The van der Waals surface area contributed by atoms with E-state index in [2.05, 4.69) is 26.2 Å². The molecule has 0 atom stereocenters. The quantitative estimate of drug-likeness (QED) is 0.592. The van der Waals surface area contributed by atoms with E-state index in [0.717, 1.165) is 5.33 Å². The summed E-state index contributed by atoms with van der Waals surface area (Å²) in [4.78, 5) is 24.7. The number of carbonyl (C=O) groups is 1. The molecular weight excluding hydrogens is 276 g/mol. The van der Waals surface area contributed by atoms with E-state index in [9.17, 15) is 9.59 Å². The van der Waals surface area contributed by atoms with Gasteiger partial charge in [-0.3, -0.25) is 9.59 Å². The monoisotopic (exact) mass is 288 g/mol. The molecule has 1 heterocycles. The fraction of sp³-hybridized carbons (Fsp3) is 0.400. The number of alkyl halides is 1. The van der Waals surface area contributed by atoms with Gasteiger partial charge in [0.2, 0.25) is 5.56 Å². The van der Waals surface area contributed by atoms with Crippen LogP contribution in [-0.2, 0) is 4.74 Å². The van der Waals surface area contributed by atoms with Gasteiger partial charge in [-0.05, 0) is 6.07 Å². The standard InChI is InChI=1S/C10H13BrN2O3/c11-3-5-16-6-4-12-10(15)8-1-2-9(14)13-7-8/h1-2,7H,3-6H2,(H,12,15)(H,13,14). The van der Waals surface area contributed by atoms with E-state index in [1.54, 1.807) is 0 Å². The number of hydrogen-bond acceptors (Lipinski definition) is 3. The van der Waals surface area contributed by atoms with Gasteiger partial charge in [0.1, 0.15) is 0 Å². The van der Waals surface area contributed by atoms with Gasteiger partial charge in [-0.2, -0.15) is 0 Å². The SMILES string of the molecule is O=C(NCCOCCBr)c1ccc(=O)[nH]c1. The first-order valence-corrected chi connectivity index (χ1v) is 5.97. The first kappa shape index (κ1) is 12.9. The normalized spacial score (nSPS) is 10.1. The molecule has 1 aromatic heterocycles. The van der Waals surface area contributed by atoms with Crippen molar-refractivity contribution in [2.24, 2.45) is 0 Å². The summed E-state index contributed by atoms with van der Waals surface area (Å²) in [6.07, 6.45) is 1.39. The summed E-state index contributed by atoms with van der Waals surface area (Å²) in [5, 5.41) is 3.45. The third-order valence-corrected chi connectivity index (χ3v) is 2.12. The summed E-state index contributed by atoms with van der Waals surface area (Å²) >= 11 is 3.23. The maximum Gasteiger partial charge on any atom is 0.252 e. The zero-order valence-corrected chi connectivity index (χ0v) is 10.2. The molecule has 0 unspecified atom stereocenters. The molecule has 0 aliphatic carbocycles. The van der Waals surface area contributed by atoms with Crippen LogP contribution in [0.5, 0.6) is 0 Å². The van der Waals surface area contributed by atoms with Crippen LogP contribution in [0.3, 0.4) is 0 Å². The van der Waals surface area contributed by atoms with Crippen LogP contribution < -0.4 is 10.9 Å². The van der Waals surface area contributed by atoms with Crippen LogP contribution in [0.15, 0.2) is 23.1 Å². The van der Waals surface area contributed by atoms with E-state index in [0.29, 0.717) is 25.3 Å². The van der Waals surface area contributed by atoms with Crippen LogP contribution in [0.1, 0.15) is 10.4 Å². The zero-order valence-electron chi connectivity index (χ0n) is 8.66. The van der Waals surface area contributed by atoms with Crippen LogP contribution in [0.4, 0.5) is 0 Å². The Labute approximate surface area is 101 Å². The Bertz CT molecular complexity index is 371. The largest absolute Gasteiger partial charge is 0.379 e. The van der Waals surface area contributed by atoms with Crippen LogP contribution in [0, 0.1) is 0 Å². The van der Waals surface area contributed by atoms with Crippen molar-refractivity contribution in [3.63, 3.8) is 0 Å². The predicted molar refractivity (Wildman–Crippen MR) is 64.0 cm³/mol. The number of amides is 1. The lowest BCUT2D eigenvalue weighted by atomic mass is 10.3. The second kappa shape index (κ2) is 7.19. The van der Waals surface area contributed by atoms with Gasteiger partial charge in [0, 0.05) is 24.1 Å². The number of halogens is 1. The molecule has 0 aliphatic rings. The maximum atomic E-state index is 11.5. The molecule has 0 fully saturated rings. The molecule has 0 spiro atoms. The van der Waals surface area contributed by atoms with E-state index in [-0.39, 0.29) is 11.5 Å². The Kier molecular flexibility index (Phi) is 5.81. The molecule has 1 aromatic rings.